The Morgan fingerprint density at radius 1 is 1.16 bits per heavy atom. The van der Waals surface area contributed by atoms with E-state index in [2.05, 4.69) is 16.9 Å². The molecule has 0 aliphatic heterocycles. The Bertz CT molecular complexity index is 398. The van der Waals surface area contributed by atoms with E-state index in [1.807, 2.05) is 0 Å². The molecule has 3 nitrogen and oxygen atoms in total. The molecule has 0 atom stereocenters. The van der Waals surface area contributed by atoms with E-state index in [4.69, 9.17) is 10.8 Å². The van der Waals surface area contributed by atoms with Crippen LogP contribution in [-0.4, -0.2) is 16.3 Å². The van der Waals surface area contributed by atoms with Gasteiger partial charge in [-0.2, -0.15) is 5.10 Å². The van der Waals surface area contributed by atoms with E-state index < -0.39 is 0 Å². The van der Waals surface area contributed by atoms with Gasteiger partial charge in [-0.1, -0.05) is 32.1 Å². The fourth-order valence-corrected chi connectivity index (χ4v) is 3.98. The molecule has 1 aromatic rings. The minimum atomic E-state index is 0.340. The lowest BCUT2D eigenvalue weighted by Crippen LogP contribution is -2.35. The first-order valence-electron chi connectivity index (χ1n) is 8.05. The molecule has 1 aromatic heterocycles. The normalized spacial score (nSPS) is 23.8. The van der Waals surface area contributed by atoms with Crippen LogP contribution in [0.4, 0.5) is 0 Å². The first-order chi connectivity index (χ1) is 9.31. The summed E-state index contributed by atoms with van der Waals surface area (Å²) in [6.07, 6.45) is 15.3. The zero-order chi connectivity index (χ0) is 13.1. The van der Waals surface area contributed by atoms with E-state index in [-0.39, 0.29) is 0 Å². The SMILES string of the molecule is NCC1(Cc2ccn(C3CCCC3)n2)CCCCC1. The zero-order valence-corrected chi connectivity index (χ0v) is 12.0. The molecule has 19 heavy (non-hydrogen) atoms. The highest BCUT2D eigenvalue weighted by atomic mass is 15.3. The molecular formula is C16H27N3. The summed E-state index contributed by atoms with van der Waals surface area (Å²) in [7, 11) is 0. The van der Waals surface area contributed by atoms with Crippen LogP contribution in [0.2, 0.25) is 0 Å². The molecule has 2 saturated carbocycles. The van der Waals surface area contributed by atoms with Gasteiger partial charge in [-0.3, -0.25) is 4.68 Å². The van der Waals surface area contributed by atoms with Gasteiger partial charge in [0.15, 0.2) is 0 Å². The molecule has 3 rings (SSSR count). The largest absolute Gasteiger partial charge is 0.330 e. The van der Waals surface area contributed by atoms with Crippen molar-refractivity contribution in [1.82, 2.24) is 9.78 Å². The summed E-state index contributed by atoms with van der Waals surface area (Å²) in [5, 5.41) is 4.84. The second-order valence-corrected chi connectivity index (χ2v) is 6.67. The van der Waals surface area contributed by atoms with Crippen molar-refractivity contribution in [2.45, 2.75) is 70.3 Å². The van der Waals surface area contributed by atoms with Gasteiger partial charge in [0.1, 0.15) is 0 Å². The van der Waals surface area contributed by atoms with Gasteiger partial charge in [0, 0.05) is 6.20 Å². The summed E-state index contributed by atoms with van der Waals surface area (Å²) in [5.41, 5.74) is 7.68. The third kappa shape index (κ3) is 2.86. The highest BCUT2D eigenvalue weighted by molar-refractivity contribution is 5.05. The van der Waals surface area contributed by atoms with Crippen molar-refractivity contribution in [3.05, 3.63) is 18.0 Å². The second kappa shape index (κ2) is 5.66. The smallest absolute Gasteiger partial charge is 0.0630 e. The van der Waals surface area contributed by atoms with Crippen molar-refractivity contribution >= 4 is 0 Å². The fraction of sp³-hybridized carbons (Fsp3) is 0.812. The average Bonchev–Trinajstić information content (AvgIpc) is 3.10. The lowest BCUT2D eigenvalue weighted by Gasteiger charge is -2.35. The predicted octanol–water partition coefficient (Wildman–Crippen LogP) is 3.45. The van der Waals surface area contributed by atoms with Crippen LogP contribution in [0, 0.1) is 5.41 Å². The third-order valence-corrected chi connectivity index (χ3v) is 5.27. The van der Waals surface area contributed by atoms with Gasteiger partial charge >= 0.3 is 0 Å². The van der Waals surface area contributed by atoms with Gasteiger partial charge < -0.3 is 5.73 Å². The van der Waals surface area contributed by atoms with Crippen molar-refractivity contribution in [2.24, 2.45) is 11.1 Å². The number of hydrogen-bond acceptors (Lipinski definition) is 2. The van der Waals surface area contributed by atoms with Crippen LogP contribution in [-0.2, 0) is 6.42 Å². The minimum Gasteiger partial charge on any atom is -0.330 e. The molecular weight excluding hydrogens is 234 g/mol. The maximum Gasteiger partial charge on any atom is 0.0630 e. The molecule has 0 bridgehead atoms. The molecule has 3 heteroatoms. The third-order valence-electron chi connectivity index (χ3n) is 5.27. The summed E-state index contributed by atoms with van der Waals surface area (Å²) in [5.74, 6) is 0. The number of nitrogens with two attached hydrogens (primary N) is 1. The molecule has 2 fully saturated rings. The first kappa shape index (κ1) is 13.2. The van der Waals surface area contributed by atoms with Crippen LogP contribution in [0.15, 0.2) is 12.3 Å². The van der Waals surface area contributed by atoms with Crippen LogP contribution in [0.3, 0.4) is 0 Å². The molecule has 106 valence electrons. The highest BCUT2D eigenvalue weighted by Gasteiger charge is 2.31. The van der Waals surface area contributed by atoms with Crippen LogP contribution in [0.25, 0.3) is 0 Å². The predicted molar refractivity (Wildman–Crippen MR) is 78.0 cm³/mol. The van der Waals surface area contributed by atoms with E-state index >= 15 is 0 Å². The second-order valence-electron chi connectivity index (χ2n) is 6.67. The summed E-state index contributed by atoms with van der Waals surface area (Å²) < 4.78 is 2.22. The summed E-state index contributed by atoms with van der Waals surface area (Å²) in [4.78, 5) is 0. The van der Waals surface area contributed by atoms with Crippen LogP contribution < -0.4 is 5.73 Å². The summed E-state index contributed by atoms with van der Waals surface area (Å²) in [6, 6.07) is 2.89. The monoisotopic (exact) mass is 261 g/mol. The Morgan fingerprint density at radius 2 is 1.89 bits per heavy atom. The van der Waals surface area contributed by atoms with Gasteiger partial charge in [0.25, 0.3) is 0 Å². The number of rotatable bonds is 4. The van der Waals surface area contributed by atoms with E-state index in [1.54, 1.807) is 0 Å². The van der Waals surface area contributed by atoms with Gasteiger partial charge in [0.05, 0.1) is 11.7 Å². The van der Waals surface area contributed by atoms with Gasteiger partial charge in [-0.25, -0.2) is 0 Å². The standard InChI is InChI=1S/C16H27N3/c17-13-16(9-4-1-5-10-16)12-14-8-11-19(18-14)15-6-2-3-7-15/h8,11,15H,1-7,9-10,12-13,17H2. The molecule has 0 radical (unpaired) electrons. The van der Waals surface area contributed by atoms with Crippen LogP contribution >= 0.6 is 0 Å². The number of nitrogens with zero attached hydrogens (tertiary/aromatic N) is 2. The highest BCUT2D eigenvalue weighted by Crippen LogP contribution is 2.38. The lowest BCUT2D eigenvalue weighted by molar-refractivity contribution is 0.195. The lowest BCUT2D eigenvalue weighted by atomic mass is 9.71. The van der Waals surface area contributed by atoms with Gasteiger partial charge in [-0.05, 0) is 50.1 Å². The van der Waals surface area contributed by atoms with Crippen molar-refractivity contribution in [3.8, 4) is 0 Å². The molecule has 0 spiro atoms. The molecule has 0 saturated heterocycles. The summed E-state index contributed by atoms with van der Waals surface area (Å²) in [6.45, 7) is 0.823. The van der Waals surface area contributed by atoms with Gasteiger partial charge in [-0.15, -0.1) is 0 Å². The maximum absolute atomic E-state index is 6.08. The summed E-state index contributed by atoms with van der Waals surface area (Å²) >= 11 is 0. The molecule has 0 aromatic carbocycles. The van der Waals surface area contributed by atoms with E-state index in [0.29, 0.717) is 11.5 Å². The molecule has 0 unspecified atom stereocenters. The first-order valence-corrected chi connectivity index (χ1v) is 8.05. The van der Waals surface area contributed by atoms with Crippen molar-refractivity contribution in [1.29, 1.82) is 0 Å². The fourth-order valence-electron chi connectivity index (χ4n) is 3.98. The number of aromatic nitrogens is 2. The van der Waals surface area contributed by atoms with E-state index in [9.17, 15) is 0 Å². The minimum absolute atomic E-state index is 0.340. The Labute approximate surface area is 116 Å². The quantitative estimate of drug-likeness (QED) is 0.902. The zero-order valence-electron chi connectivity index (χ0n) is 12.0. The number of hydrogen-bond donors (Lipinski definition) is 1. The Morgan fingerprint density at radius 3 is 2.58 bits per heavy atom. The maximum atomic E-state index is 6.08. The van der Waals surface area contributed by atoms with Crippen LogP contribution in [0.5, 0.6) is 0 Å². The molecule has 2 aliphatic rings. The van der Waals surface area contributed by atoms with Gasteiger partial charge in [0.2, 0.25) is 0 Å². The Kier molecular flexibility index (Phi) is 3.92. The van der Waals surface area contributed by atoms with Crippen LogP contribution in [0.1, 0.15) is 69.5 Å². The van der Waals surface area contributed by atoms with E-state index in [0.717, 1.165) is 13.0 Å². The van der Waals surface area contributed by atoms with Crippen molar-refractivity contribution in [3.63, 3.8) is 0 Å². The Hall–Kier alpha value is -0.830. The molecule has 1 heterocycles. The average molecular weight is 261 g/mol. The van der Waals surface area contributed by atoms with Crippen molar-refractivity contribution < 1.29 is 0 Å². The topological polar surface area (TPSA) is 43.8 Å². The van der Waals surface area contributed by atoms with E-state index in [1.165, 1.54) is 63.5 Å². The van der Waals surface area contributed by atoms with Crippen molar-refractivity contribution in [2.75, 3.05) is 6.54 Å². The molecule has 2 aliphatic carbocycles. The molecule has 0 amide bonds. The Balaban J connectivity index is 1.68. The molecule has 2 N–H and O–H groups in total.